The number of benzene rings is 2. The van der Waals surface area contributed by atoms with Gasteiger partial charge in [-0.2, -0.15) is 0 Å². The average Bonchev–Trinajstić information content (AvgIpc) is 2.43. The second-order valence-electron chi connectivity index (χ2n) is 5.22. The molecule has 106 valence electrons. The molecule has 0 saturated heterocycles. The molecule has 0 aromatic heterocycles. The maximum Gasteiger partial charge on any atom is 0.130 e. The minimum Gasteiger partial charge on any atom is -0.457 e. The Morgan fingerprint density at radius 2 is 1.90 bits per heavy atom. The van der Waals surface area contributed by atoms with Gasteiger partial charge in [0.2, 0.25) is 0 Å². The molecule has 2 rings (SSSR count). The Morgan fingerprint density at radius 3 is 2.65 bits per heavy atom. The molecule has 0 spiro atoms. The molecule has 1 N–H and O–H groups in total. The molecule has 0 heterocycles. The van der Waals surface area contributed by atoms with Crippen LogP contribution < -0.4 is 10.1 Å². The molecule has 0 aliphatic rings. The molecule has 0 aliphatic carbocycles. The zero-order valence-electron chi connectivity index (χ0n) is 12.7. The fraction of sp³-hybridized carbons (Fsp3) is 0.333. The summed E-state index contributed by atoms with van der Waals surface area (Å²) in [7, 11) is 0. The third kappa shape index (κ3) is 3.61. The van der Waals surface area contributed by atoms with E-state index in [-0.39, 0.29) is 0 Å². The third-order valence-electron chi connectivity index (χ3n) is 3.44. The first-order valence-electron chi connectivity index (χ1n) is 7.18. The van der Waals surface area contributed by atoms with Crippen LogP contribution in [-0.2, 0) is 0 Å². The first-order valence-corrected chi connectivity index (χ1v) is 7.18. The first kappa shape index (κ1) is 14.6. The molecule has 0 saturated carbocycles. The van der Waals surface area contributed by atoms with Crippen LogP contribution in [0.1, 0.15) is 36.6 Å². The predicted molar refractivity (Wildman–Crippen MR) is 84.5 cm³/mol. The highest BCUT2D eigenvalue weighted by Crippen LogP contribution is 2.27. The van der Waals surface area contributed by atoms with Crippen LogP contribution in [0.2, 0.25) is 0 Å². The summed E-state index contributed by atoms with van der Waals surface area (Å²) in [6, 6.07) is 14.9. The van der Waals surface area contributed by atoms with Gasteiger partial charge in [0, 0.05) is 6.04 Å². The zero-order valence-corrected chi connectivity index (χ0v) is 12.7. The van der Waals surface area contributed by atoms with Crippen molar-refractivity contribution in [3.8, 4) is 11.5 Å². The van der Waals surface area contributed by atoms with Crippen LogP contribution in [0.4, 0.5) is 0 Å². The van der Waals surface area contributed by atoms with Gasteiger partial charge in [0.1, 0.15) is 11.5 Å². The lowest BCUT2D eigenvalue weighted by atomic mass is 10.1. The zero-order chi connectivity index (χ0) is 14.5. The lowest BCUT2D eigenvalue weighted by molar-refractivity contribution is 0.476. The molecule has 0 aliphatic heterocycles. The van der Waals surface area contributed by atoms with Crippen LogP contribution >= 0.6 is 0 Å². The summed E-state index contributed by atoms with van der Waals surface area (Å²) in [5, 5.41) is 3.42. The third-order valence-corrected chi connectivity index (χ3v) is 3.44. The summed E-state index contributed by atoms with van der Waals surface area (Å²) in [4.78, 5) is 0. The van der Waals surface area contributed by atoms with Crippen LogP contribution in [0.15, 0.2) is 42.5 Å². The van der Waals surface area contributed by atoms with Crippen molar-refractivity contribution in [2.24, 2.45) is 0 Å². The molecule has 1 atom stereocenters. The highest BCUT2D eigenvalue weighted by atomic mass is 16.5. The van der Waals surface area contributed by atoms with Crippen molar-refractivity contribution in [1.29, 1.82) is 0 Å². The molecule has 2 aromatic rings. The van der Waals surface area contributed by atoms with Gasteiger partial charge in [0.25, 0.3) is 0 Å². The number of ether oxygens (including phenoxy) is 1. The highest BCUT2D eigenvalue weighted by molar-refractivity contribution is 5.40. The molecular weight excluding hydrogens is 246 g/mol. The van der Waals surface area contributed by atoms with Crippen LogP contribution in [0, 0.1) is 13.8 Å². The molecule has 0 fully saturated rings. The van der Waals surface area contributed by atoms with Crippen LogP contribution in [-0.4, -0.2) is 6.54 Å². The van der Waals surface area contributed by atoms with Gasteiger partial charge >= 0.3 is 0 Å². The lowest BCUT2D eigenvalue weighted by Gasteiger charge is -2.15. The van der Waals surface area contributed by atoms with Crippen LogP contribution in [0.3, 0.4) is 0 Å². The number of rotatable bonds is 5. The lowest BCUT2D eigenvalue weighted by Crippen LogP contribution is -2.17. The molecule has 2 heteroatoms. The molecule has 20 heavy (non-hydrogen) atoms. The highest BCUT2D eigenvalue weighted by Gasteiger charge is 2.06. The fourth-order valence-electron chi connectivity index (χ4n) is 2.22. The average molecular weight is 269 g/mol. The number of hydrogen-bond acceptors (Lipinski definition) is 2. The van der Waals surface area contributed by atoms with E-state index in [1.807, 2.05) is 12.1 Å². The van der Waals surface area contributed by atoms with Crippen molar-refractivity contribution in [1.82, 2.24) is 5.32 Å². The standard InChI is InChI=1S/C18H23NO/c1-5-19-15(4)16-7-6-8-17(12-16)20-18-11-13(2)9-10-14(18)3/h6-12,15,19H,5H2,1-4H3. The van der Waals surface area contributed by atoms with E-state index < -0.39 is 0 Å². The predicted octanol–water partition coefficient (Wildman–Crippen LogP) is 4.77. The van der Waals surface area contributed by atoms with Crippen molar-refractivity contribution in [2.45, 2.75) is 33.7 Å². The van der Waals surface area contributed by atoms with Crippen molar-refractivity contribution in [3.05, 3.63) is 59.2 Å². The fourth-order valence-corrected chi connectivity index (χ4v) is 2.22. The molecule has 0 radical (unpaired) electrons. The molecular formula is C18H23NO. The van der Waals surface area contributed by atoms with E-state index in [0.29, 0.717) is 6.04 Å². The van der Waals surface area contributed by atoms with Gasteiger partial charge in [-0.3, -0.25) is 0 Å². The topological polar surface area (TPSA) is 21.3 Å². The summed E-state index contributed by atoms with van der Waals surface area (Å²) in [6.07, 6.45) is 0. The van der Waals surface area contributed by atoms with Gasteiger partial charge in [-0.25, -0.2) is 0 Å². The number of aryl methyl sites for hydroxylation is 2. The van der Waals surface area contributed by atoms with E-state index in [4.69, 9.17) is 4.74 Å². The van der Waals surface area contributed by atoms with E-state index in [1.54, 1.807) is 0 Å². The van der Waals surface area contributed by atoms with E-state index in [2.05, 4.69) is 63.3 Å². The number of hydrogen-bond donors (Lipinski definition) is 1. The Balaban J connectivity index is 2.21. The molecule has 0 bridgehead atoms. The van der Waals surface area contributed by atoms with Crippen LogP contribution in [0.25, 0.3) is 0 Å². The molecule has 2 nitrogen and oxygen atoms in total. The van der Waals surface area contributed by atoms with Gasteiger partial charge in [-0.1, -0.05) is 31.2 Å². The first-order chi connectivity index (χ1) is 9.60. The largest absolute Gasteiger partial charge is 0.457 e. The maximum atomic E-state index is 6.03. The Morgan fingerprint density at radius 1 is 1.10 bits per heavy atom. The van der Waals surface area contributed by atoms with Crippen LogP contribution in [0.5, 0.6) is 11.5 Å². The monoisotopic (exact) mass is 269 g/mol. The minimum absolute atomic E-state index is 0.335. The Kier molecular flexibility index (Phi) is 4.80. The Bertz CT molecular complexity index is 577. The normalized spacial score (nSPS) is 12.2. The quantitative estimate of drug-likeness (QED) is 0.844. The SMILES string of the molecule is CCNC(C)c1cccc(Oc2cc(C)ccc2C)c1. The molecule has 0 amide bonds. The summed E-state index contributed by atoms with van der Waals surface area (Å²) in [6.45, 7) is 9.40. The van der Waals surface area contributed by atoms with Crippen molar-refractivity contribution in [2.75, 3.05) is 6.54 Å². The van der Waals surface area contributed by atoms with Gasteiger partial charge in [-0.15, -0.1) is 0 Å². The Hall–Kier alpha value is -1.80. The maximum absolute atomic E-state index is 6.03. The molecule has 1 unspecified atom stereocenters. The van der Waals surface area contributed by atoms with Gasteiger partial charge in [-0.05, 0) is 62.2 Å². The second-order valence-corrected chi connectivity index (χ2v) is 5.22. The van der Waals surface area contributed by atoms with Gasteiger partial charge in [0.15, 0.2) is 0 Å². The summed E-state index contributed by atoms with van der Waals surface area (Å²) >= 11 is 0. The van der Waals surface area contributed by atoms with E-state index in [1.165, 1.54) is 11.1 Å². The van der Waals surface area contributed by atoms with Crippen molar-refractivity contribution >= 4 is 0 Å². The van der Waals surface area contributed by atoms with Crippen molar-refractivity contribution in [3.63, 3.8) is 0 Å². The molecule has 2 aromatic carbocycles. The van der Waals surface area contributed by atoms with Gasteiger partial charge < -0.3 is 10.1 Å². The van der Waals surface area contributed by atoms with Crippen molar-refractivity contribution < 1.29 is 4.74 Å². The number of nitrogens with one attached hydrogen (secondary N) is 1. The van der Waals surface area contributed by atoms with E-state index >= 15 is 0 Å². The Labute approximate surface area is 121 Å². The summed E-state index contributed by atoms with van der Waals surface area (Å²) in [5.41, 5.74) is 3.61. The van der Waals surface area contributed by atoms with Gasteiger partial charge in [0.05, 0.1) is 0 Å². The van der Waals surface area contributed by atoms with E-state index in [0.717, 1.165) is 23.6 Å². The minimum atomic E-state index is 0.335. The van der Waals surface area contributed by atoms with E-state index in [9.17, 15) is 0 Å². The smallest absolute Gasteiger partial charge is 0.130 e. The summed E-state index contributed by atoms with van der Waals surface area (Å²) in [5.74, 6) is 1.82. The second kappa shape index (κ2) is 6.58. The summed E-state index contributed by atoms with van der Waals surface area (Å²) < 4.78 is 6.03.